The third-order valence-electron chi connectivity index (χ3n) is 3.49. The summed E-state index contributed by atoms with van der Waals surface area (Å²) in [6.07, 6.45) is -0.278. The standard InChI is InChI=1S/C16H18F3NO/c1-20-14(8-9-15-3-2-10-21-15)11-12-4-6-13(7-5-12)16(17,18)19/h2-7,10,14,20H,8-9,11H2,1H3. The van der Waals surface area contributed by atoms with Crippen molar-refractivity contribution in [3.05, 3.63) is 59.5 Å². The van der Waals surface area contributed by atoms with Gasteiger partial charge in [0.1, 0.15) is 5.76 Å². The molecule has 114 valence electrons. The maximum Gasteiger partial charge on any atom is 0.416 e. The number of furan rings is 1. The number of alkyl halides is 3. The van der Waals surface area contributed by atoms with E-state index in [1.165, 1.54) is 0 Å². The van der Waals surface area contributed by atoms with Crippen LogP contribution in [-0.2, 0) is 19.0 Å². The summed E-state index contributed by atoms with van der Waals surface area (Å²) in [5.74, 6) is 0.919. The van der Waals surface area contributed by atoms with Crippen molar-refractivity contribution in [3.63, 3.8) is 0 Å². The van der Waals surface area contributed by atoms with Gasteiger partial charge in [-0.3, -0.25) is 0 Å². The molecule has 21 heavy (non-hydrogen) atoms. The number of nitrogens with one attached hydrogen (secondary N) is 1. The second kappa shape index (κ2) is 6.80. The second-order valence-corrected chi connectivity index (χ2v) is 5.00. The van der Waals surface area contributed by atoms with Crippen molar-refractivity contribution in [2.75, 3.05) is 7.05 Å². The summed E-state index contributed by atoms with van der Waals surface area (Å²) in [7, 11) is 1.86. The Morgan fingerprint density at radius 3 is 2.38 bits per heavy atom. The first-order chi connectivity index (χ1) is 9.99. The van der Waals surface area contributed by atoms with Gasteiger partial charge in [0.2, 0.25) is 0 Å². The molecule has 2 rings (SSSR count). The lowest BCUT2D eigenvalue weighted by Crippen LogP contribution is -2.28. The molecular formula is C16H18F3NO. The first kappa shape index (κ1) is 15.6. The SMILES string of the molecule is CNC(CCc1ccco1)Cc1ccc(C(F)(F)F)cc1. The molecule has 0 saturated carbocycles. The zero-order valence-electron chi connectivity index (χ0n) is 11.8. The molecule has 2 aromatic rings. The Morgan fingerprint density at radius 1 is 1.14 bits per heavy atom. The number of halogens is 3. The zero-order chi connectivity index (χ0) is 15.3. The van der Waals surface area contributed by atoms with Crippen molar-refractivity contribution >= 4 is 0 Å². The molecule has 0 aliphatic rings. The smallest absolute Gasteiger partial charge is 0.416 e. The summed E-state index contributed by atoms with van der Waals surface area (Å²) < 4.78 is 42.8. The Balaban J connectivity index is 1.92. The van der Waals surface area contributed by atoms with Crippen molar-refractivity contribution in [2.24, 2.45) is 0 Å². The molecule has 0 fully saturated rings. The highest BCUT2D eigenvalue weighted by atomic mass is 19.4. The van der Waals surface area contributed by atoms with E-state index in [4.69, 9.17) is 4.42 Å². The Hall–Kier alpha value is -1.75. The van der Waals surface area contributed by atoms with Crippen LogP contribution < -0.4 is 5.32 Å². The third-order valence-corrected chi connectivity index (χ3v) is 3.49. The third kappa shape index (κ3) is 4.63. The fraction of sp³-hybridized carbons (Fsp3) is 0.375. The Kier molecular flexibility index (Phi) is 5.07. The predicted molar refractivity (Wildman–Crippen MR) is 75.0 cm³/mol. The molecule has 0 aliphatic heterocycles. The van der Waals surface area contributed by atoms with Crippen LogP contribution in [0.15, 0.2) is 47.1 Å². The maximum absolute atomic E-state index is 12.5. The number of benzene rings is 1. The normalized spacial score (nSPS) is 13.3. The first-order valence-electron chi connectivity index (χ1n) is 6.85. The minimum absolute atomic E-state index is 0.201. The van der Waals surface area contributed by atoms with Crippen LogP contribution in [0.25, 0.3) is 0 Å². The minimum atomic E-state index is -4.28. The monoisotopic (exact) mass is 297 g/mol. The highest BCUT2D eigenvalue weighted by Gasteiger charge is 2.29. The average molecular weight is 297 g/mol. The molecule has 0 amide bonds. The molecule has 1 N–H and O–H groups in total. The summed E-state index contributed by atoms with van der Waals surface area (Å²) >= 11 is 0. The first-order valence-corrected chi connectivity index (χ1v) is 6.85. The van der Waals surface area contributed by atoms with E-state index < -0.39 is 11.7 Å². The van der Waals surface area contributed by atoms with Gasteiger partial charge in [-0.1, -0.05) is 12.1 Å². The van der Waals surface area contributed by atoms with Gasteiger partial charge in [0.25, 0.3) is 0 Å². The van der Waals surface area contributed by atoms with Crippen LogP contribution in [0.5, 0.6) is 0 Å². The quantitative estimate of drug-likeness (QED) is 0.869. The van der Waals surface area contributed by atoms with Gasteiger partial charge in [0, 0.05) is 12.5 Å². The van der Waals surface area contributed by atoms with E-state index in [0.29, 0.717) is 6.42 Å². The number of aryl methyl sites for hydroxylation is 1. The molecule has 0 spiro atoms. The van der Waals surface area contributed by atoms with E-state index in [1.54, 1.807) is 18.4 Å². The molecule has 0 bridgehead atoms. The van der Waals surface area contributed by atoms with E-state index in [1.807, 2.05) is 19.2 Å². The fourth-order valence-electron chi connectivity index (χ4n) is 2.23. The van der Waals surface area contributed by atoms with Crippen LogP contribution in [0, 0.1) is 0 Å². The van der Waals surface area contributed by atoms with Crippen molar-refractivity contribution in [1.82, 2.24) is 5.32 Å². The number of likely N-dealkylation sites (N-methyl/N-ethyl adjacent to an activating group) is 1. The summed E-state index contributed by atoms with van der Waals surface area (Å²) in [4.78, 5) is 0. The highest BCUT2D eigenvalue weighted by Crippen LogP contribution is 2.29. The second-order valence-electron chi connectivity index (χ2n) is 5.00. The number of hydrogen-bond acceptors (Lipinski definition) is 2. The molecule has 1 unspecified atom stereocenters. The molecule has 1 atom stereocenters. The molecule has 2 nitrogen and oxygen atoms in total. The van der Waals surface area contributed by atoms with E-state index >= 15 is 0 Å². The molecule has 1 aromatic carbocycles. The predicted octanol–water partition coefficient (Wildman–Crippen LogP) is 4.06. The lowest BCUT2D eigenvalue weighted by Gasteiger charge is -2.16. The van der Waals surface area contributed by atoms with E-state index in [0.717, 1.165) is 36.3 Å². The van der Waals surface area contributed by atoms with Crippen LogP contribution in [0.3, 0.4) is 0 Å². The summed E-state index contributed by atoms with van der Waals surface area (Å²) in [6.45, 7) is 0. The van der Waals surface area contributed by atoms with Gasteiger partial charge < -0.3 is 9.73 Å². The molecule has 1 heterocycles. The molecule has 1 aromatic heterocycles. The molecule has 5 heteroatoms. The molecule has 0 radical (unpaired) electrons. The van der Waals surface area contributed by atoms with E-state index in [9.17, 15) is 13.2 Å². The van der Waals surface area contributed by atoms with Crippen LogP contribution in [-0.4, -0.2) is 13.1 Å². The Bertz CT molecular complexity index is 532. The van der Waals surface area contributed by atoms with Crippen LogP contribution in [0.2, 0.25) is 0 Å². The fourth-order valence-corrected chi connectivity index (χ4v) is 2.23. The largest absolute Gasteiger partial charge is 0.469 e. The Labute approximate surface area is 122 Å². The van der Waals surface area contributed by atoms with Gasteiger partial charge in [-0.2, -0.15) is 13.2 Å². The molecule has 0 aliphatic carbocycles. The summed E-state index contributed by atoms with van der Waals surface area (Å²) in [5, 5.41) is 3.19. The van der Waals surface area contributed by atoms with Gasteiger partial charge in [-0.15, -0.1) is 0 Å². The lowest BCUT2D eigenvalue weighted by atomic mass is 10.00. The highest BCUT2D eigenvalue weighted by molar-refractivity contribution is 5.25. The van der Waals surface area contributed by atoms with E-state index in [2.05, 4.69) is 5.32 Å². The van der Waals surface area contributed by atoms with Crippen molar-refractivity contribution < 1.29 is 17.6 Å². The number of rotatable bonds is 6. The average Bonchev–Trinajstić information content (AvgIpc) is 2.96. The van der Waals surface area contributed by atoms with Crippen molar-refractivity contribution in [3.8, 4) is 0 Å². The topological polar surface area (TPSA) is 25.2 Å². The minimum Gasteiger partial charge on any atom is -0.469 e. The van der Waals surface area contributed by atoms with Crippen molar-refractivity contribution in [2.45, 2.75) is 31.5 Å². The van der Waals surface area contributed by atoms with Gasteiger partial charge in [-0.05, 0) is 49.7 Å². The van der Waals surface area contributed by atoms with E-state index in [-0.39, 0.29) is 6.04 Å². The van der Waals surface area contributed by atoms with Gasteiger partial charge >= 0.3 is 6.18 Å². The lowest BCUT2D eigenvalue weighted by molar-refractivity contribution is -0.137. The van der Waals surface area contributed by atoms with Gasteiger partial charge in [0.05, 0.1) is 11.8 Å². The maximum atomic E-state index is 12.5. The van der Waals surface area contributed by atoms with Gasteiger partial charge in [0.15, 0.2) is 0 Å². The summed E-state index contributed by atoms with van der Waals surface area (Å²) in [5.41, 5.74) is 0.282. The molecule has 0 saturated heterocycles. The zero-order valence-corrected chi connectivity index (χ0v) is 11.8. The Morgan fingerprint density at radius 2 is 1.86 bits per heavy atom. The van der Waals surface area contributed by atoms with Crippen molar-refractivity contribution in [1.29, 1.82) is 0 Å². The summed E-state index contributed by atoms with van der Waals surface area (Å²) in [6, 6.07) is 9.32. The van der Waals surface area contributed by atoms with Gasteiger partial charge in [-0.25, -0.2) is 0 Å². The molecular weight excluding hydrogens is 279 g/mol. The number of hydrogen-bond donors (Lipinski definition) is 1. The van der Waals surface area contributed by atoms with Crippen LogP contribution >= 0.6 is 0 Å². The van der Waals surface area contributed by atoms with Crippen LogP contribution in [0.1, 0.15) is 23.3 Å². The van der Waals surface area contributed by atoms with Crippen LogP contribution in [0.4, 0.5) is 13.2 Å².